The molecule has 1 fully saturated rings. The van der Waals surface area contributed by atoms with Crippen molar-refractivity contribution < 1.29 is 9.53 Å². The Labute approximate surface area is 136 Å². The lowest BCUT2D eigenvalue weighted by atomic mass is 9.83. The zero-order valence-corrected chi connectivity index (χ0v) is 15.4. The molecule has 0 aromatic heterocycles. The lowest BCUT2D eigenvalue weighted by Crippen LogP contribution is -2.51. The zero-order valence-electron chi connectivity index (χ0n) is 15.4. The molecule has 0 radical (unpaired) electrons. The summed E-state index contributed by atoms with van der Waals surface area (Å²) in [6.45, 7) is 13.0. The Bertz CT molecular complexity index is 330. The third kappa shape index (κ3) is 7.48. The summed E-state index contributed by atoms with van der Waals surface area (Å²) in [5.74, 6) is 1.25. The fourth-order valence-electron chi connectivity index (χ4n) is 2.94. The number of hydrogen-bond donors (Lipinski definition) is 2. The lowest BCUT2D eigenvalue weighted by molar-refractivity contribution is 0.0514. The molecule has 0 spiro atoms. The number of hydrogen-bond acceptors (Lipinski definition) is 3. The SMILES string of the molecule is CC(C)C(C)NC(CNC(=O)OC(C)(C)C)C1CCCCC1. The third-order valence-electron chi connectivity index (χ3n) is 4.56. The summed E-state index contributed by atoms with van der Waals surface area (Å²) >= 11 is 0. The van der Waals surface area contributed by atoms with Gasteiger partial charge in [-0.3, -0.25) is 0 Å². The second-order valence-corrected chi connectivity index (χ2v) is 8.09. The van der Waals surface area contributed by atoms with Crippen molar-refractivity contribution in [2.45, 2.75) is 91.3 Å². The van der Waals surface area contributed by atoms with Gasteiger partial charge in [-0.15, -0.1) is 0 Å². The molecule has 2 atom stereocenters. The Balaban J connectivity index is 2.55. The smallest absolute Gasteiger partial charge is 0.407 e. The summed E-state index contributed by atoms with van der Waals surface area (Å²) in [7, 11) is 0. The van der Waals surface area contributed by atoms with Crippen molar-refractivity contribution in [3.63, 3.8) is 0 Å². The predicted molar refractivity (Wildman–Crippen MR) is 92.0 cm³/mol. The van der Waals surface area contributed by atoms with Crippen molar-refractivity contribution in [1.29, 1.82) is 0 Å². The maximum absolute atomic E-state index is 11.9. The summed E-state index contributed by atoms with van der Waals surface area (Å²) < 4.78 is 5.35. The second kappa shape index (κ2) is 8.76. The van der Waals surface area contributed by atoms with E-state index in [2.05, 4.69) is 31.4 Å². The molecule has 0 aliphatic heterocycles. The highest BCUT2D eigenvalue weighted by Gasteiger charge is 2.26. The van der Waals surface area contributed by atoms with E-state index in [-0.39, 0.29) is 6.09 Å². The predicted octanol–water partition coefficient (Wildman–Crippen LogP) is 4.09. The van der Waals surface area contributed by atoms with Crippen LogP contribution < -0.4 is 10.6 Å². The van der Waals surface area contributed by atoms with Crippen molar-refractivity contribution in [1.82, 2.24) is 10.6 Å². The van der Waals surface area contributed by atoms with E-state index in [1.54, 1.807) is 0 Å². The first-order valence-corrected chi connectivity index (χ1v) is 8.92. The van der Waals surface area contributed by atoms with Gasteiger partial charge in [0.05, 0.1) is 0 Å². The largest absolute Gasteiger partial charge is 0.444 e. The minimum Gasteiger partial charge on any atom is -0.444 e. The average Bonchev–Trinajstić information content (AvgIpc) is 2.42. The van der Waals surface area contributed by atoms with Gasteiger partial charge in [0.15, 0.2) is 0 Å². The van der Waals surface area contributed by atoms with E-state index in [0.717, 1.165) is 0 Å². The molecule has 1 saturated carbocycles. The van der Waals surface area contributed by atoms with Gasteiger partial charge in [-0.2, -0.15) is 0 Å². The van der Waals surface area contributed by atoms with Crippen molar-refractivity contribution in [2.75, 3.05) is 6.54 Å². The van der Waals surface area contributed by atoms with Crippen LogP contribution in [0.4, 0.5) is 4.79 Å². The van der Waals surface area contributed by atoms with Crippen LogP contribution >= 0.6 is 0 Å². The Morgan fingerprint density at radius 3 is 2.23 bits per heavy atom. The number of amides is 1. The Morgan fingerprint density at radius 2 is 1.73 bits per heavy atom. The molecule has 22 heavy (non-hydrogen) atoms. The minimum absolute atomic E-state index is 0.313. The van der Waals surface area contributed by atoms with Gasteiger partial charge in [0.1, 0.15) is 5.60 Å². The van der Waals surface area contributed by atoms with Gasteiger partial charge in [0, 0.05) is 18.6 Å². The van der Waals surface area contributed by atoms with Crippen molar-refractivity contribution in [3.8, 4) is 0 Å². The first-order valence-electron chi connectivity index (χ1n) is 8.92. The number of carbonyl (C=O) groups excluding carboxylic acids is 1. The van der Waals surface area contributed by atoms with E-state index in [0.29, 0.717) is 30.5 Å². The number of rotatable bonds is 6. The fourth-order valence-corrected chi connectivity index (χ4v) is 2.94. The third-order valence-corrected chi connectivity index (χ3v) is 4.56. The van der Waals surface area contributed by atoms with E-state index in [4.69, 9.17) is 4.74 Å². The molecule has 1 amide bonds. The average molecular weight is 312 g/mol. The number of alkyl carbamates (subject to hydrolysis) is 1. The van der Waals surface area contributed by atoms with Gasteiger partial charge in [0.2, 0.25) is 0 Å². The van der Waals surface area contributed by atoms with Crippen LogP contribution in [0, 0.1) is 11.8 Å². The molecule has 4 heteroatoms. The highest BCUT2D eigenvalue weighted by molar-refractivity contribution is 5.67. The molecule has 1 rings (SSSR count). The molecule has 0 bridgehead atoms. The van der Waals surface area contributed by atoms with Crippen LogP contribution in [-0.2, 0) is 4.74 Å². The van der Waals surface area contributed by atoms with Gasteiger partial charge in [-0.05, 0) is 52.4 Å². The topological polar surface area (TPSA) is 50.4 Å². The van der Waals surface area contributed by atoms with Crippen molar-refractivity contribution >= 4 is 6.09 Å². The minimum atomic E-state index is -0.441. The first kappa shape index (κ1) is 19.3. The summed E-state index contributed by atoms with van der Waals surface area (Å²) in [6, 6.07) is 0.789. The molecular formula is C18H36N2O2. The second-order valence-electron chi connectivity index (χ2n) is 8.09. The molecule has 130 valence electrons. The molecule has 0 heterocycles. The molecular weight excluding hydrogens is 276 g/mol. The highest BCUT2D eigenvalue weighted by Crippen LogP contribution is 2.27. The summed E-state index contributed by atoms with van der Waals surface area (Å²) in [4.78, 5) is 11.9. The first-order chi connectivity index (χ1) is 10.2. The van der Waals surface area contributed by atoms with E-state index in [9.17, 15) is 4.79 Å². The summed E-state index contributed by atoms with van der Waals surface area (Å²) in [5.41, 5.74) is -0.441. The van der Waals surface area contributed by atoms with Gasteiger partial charge in [-0.25, -0.2) is 4.79 Å². The standard InChI is InChI=1S/C18H36N2O2/c1-13(2)14(3)20-16(15-10-8-7-9-11-15)12-19-17(21)22-18(4,5)6/h13-16,20H,7-12H2,1-6H3,(H,19,21). The van der Waals surface area contributed by atoms with Crippen LogP contribution in [-0.4, -0.2) is 30.3 Å². The highest BCUT2D eigenvalue weighted by atomic mass is 16.6. The van der Waals surface area contributed by atoms with E-state index < -0.39 is 5.60 Å². The Kier molecular flexibility index (Phi) is 7.67. The lowest BCUT2D eigenvalue weighted by Gasteiger charge is -2.34. The molecule has 1 aliphatic rings. The molecule has 2 unspecified atom stereocenters. The molecule has 4 nitrogen and oxygen atoms in total. The summed E-state index contributed by atoms with van der Waals surface area (Å²) in [6.07, 6.45) is 6.18. The zero-order chi connectivity index (χ0) is 16.8. The van der Waals surface area contributed by atoms with Crippen molar-refractivity contribution in [3.05, 3.63) is 0 Å². The molecule has 0 aromatic carbocycles. The van der Waals surface area contributed by atoms with Crippen LogP contribution in [0.3, 0.4) is 0 Å². The van der Waals surface area contributed by atoms with E-state index >= 15 is 0 Å². The maximum atomic E-state index is 11.9. The van der Waals surface area contributed by atoms with Crippen molar-refractivity contribution in [2.24, 2.45) is 11.8 Å². The van der Waals surface area contributed by atoms with Crippen LogP contribution in [0.15, 0.2) is 0 Å². The Hall–Kier alpha value is -0.770. The van der Waals surface area contributed by atoms with E-state index in [1.807, 2.05) is 20.8 Å². The molecule has 0 saturated heterocycles. The molecule has 1 aliphatic carbocycles. The van der Waals surface area contributed by atoms with Gasteiger partial charge >= 0.3 is 6.09 Å². The number of nitrogens with one attached hydrogen (secondary N) is 2. The molecule has 0 aromatic rings. The van der Waals surface area contributed by atoms with Gasteiger partial charge in [0.25, 0.3) is 0 Å². The Morgan fingerprint density at radius 1 is 1.14 bits per heavy atom. The normalized spacial score (nSPS) is 19.8. The van der Waals surface area contributed by atoms with Crippen LogP contribution in [0.5, 0.6) is 0 Å². The van der Waals surface area contributed by atoms with Gasteiger partial charge in [-0.1, -0.05) is 33.1 Å². The quantitative estimate of drug-likeness (QED) is 0.776. The number of ether oxygens (including phenoxy) is 1. The summed E-state index contributed by atoms with van der Waals surface area (Å²) in [5, 5.41) is 6.69. The fraction of sp³-hybridized carbons (Fsp3) is 0.944. The maximum Gasteiger partial charge on any atom is 0.407 e. The van der Waals surface area contributed by atoms with Crippen LogP contribution in [0.1, 0.15) is 73.6 Å². The number of carbonyl (C=O) groups is 1. The monoisotopic (exact) mass is 312 g/mol. The van der Waals surface area contributed by atoms with Crippen LogP contribution in [0.25, 0.3) is 0 Å². The van der Waals surface area contributed by atoms with Gasteiger partial charge < -0.3 is 15.4 Å². The molecule has 2 N–H and O–H groups in total. The van der Waals surface area contributed by atoms with E-state index in [1.165, 1.54) is 32.1 Å². The van der Waals surface area contributed by atoms with Crippen LogP contribution in [0.2, 0.25) is 0 Å².